The number of aromatic nitrogens is 1. The zero-order valence-electron chi connectivity index (χ0n) is 15.0. The van der Waals surface area contributed by atoms with Crippen LogP contribution in [0.2, 0.25) is 0 Å². The molecule has 30 heavy (non-hydrogen) atoms. The van der Waals surface area contributed by atoms with Crippen LogP contribution in [0.25, 0.3) is 21.8 Å². The molecule has 0 radical (unpaired) electrons. The molecule has 1 heterocycles. The van der Waals surface area contributed by atoms with Crippen molar-refractivity contribution in [1.29, 1.82) is 0 Å². The molecule has 154 valence electrons. The van der Waals surface area contributed by atoms with Crippen LogP contribution in [0.3, 0.4) is 0 Å². The molecule has 2 N–H and O–H groups in total. The molecule has 0 atom stereocenters. The Balaban J connectivity index is 2.08. The predicted octanol–water partition coefficient (Wildman–Crippen LogP) is 5.38. The summed E-state index contributed by atoms with van der Waals surface area (Å²) in [6.07, 6.45) is -4.65. The van der Waals surface area contributed by atoms with Crippen LogP contribution in [-0.2, 0) is 12.7 Å². The zero-order chi connectivity index (χ0) is 21.8. The third-order valence-corrected chi connectivity index (χ3v) is 4.88. The van der Waals surface area contributed by atoms with E-state index in [0.29, 0.717) is 6.07 Å². The largest absolute Gasteiger partial charge is 0.416 e. The lowest BCUT2D eigenvalue weighted by molar-refractivity contribution is -0.137. The van der Waals surface area contributed by atoms with E-state index in [1.54, 1.807) is 0 Å². The molecule has 0 unspecified atom stereocenters. The Morgan fingerprint density at radius 1 is 0.967 bits per heavy atom. The Morgan fingerprint density at radius 3 is 2.37 bits per heavy atom. The zero-order valence-corrected chi connectivity index (χ0v) is 15.0. The number of halogens is 6. The number of carbonyl (C=O) groups excluding carboxylic acids is 1. The number of carbonyl (C=O) groups is 1. The Hall–Kier alpha value is -3.49. The molecular formula is C21H12F6N2O. The van der Waals surface area contributed by atoms with Crippen molar-refractivity contribution >= 4 is 27.7 Å². The van der Waals surface area contributed by atoms with Gasteiger partial charge in [0.25, 0.3) is 0 Å². The first-order valence-corrected chi connectivity index (χ1v) is 8.63. The van der Waals surface area contributed by atoms with Crippen molar-refractivity contribution in [1.82, 2.24) is 4.57 Å². The highest BCUT2D eigenvalue weighted by Gasteiger charge is 2.31. The van der Waals surface area contributed by atoms with Crippen molar-refractivity contribution in [3.8, 4) is 0 Å². The highest BCUT2D eigenvalue weighted by Crippen LogP contribution is 2.37. The van der Waals surface area contributed by atoms with Crippen LogP contribution in [0, 0.1) is 17.5 Å². The number of alkyl halides is 3. The van der Waals surface area contributed by atoms with E-state index in [4.69, 9.17) is 5.73 Å². The monoisotopic (exact) mass is 422 g/mol. The van der Waals surface area contributed by atoms with Gasteiger partial charge < -0.3 is 10.3 Å². The minimum absolute atomic E-state index is 0.0117. The summed E-state index contributed by atoms with van der Waals surface area (Å²) in [5.41, 5.74) is 4.38. The smallest absolute Gasteiger partial charge is 0.366 e. The number of rotatable bonds is 3. The third-order valence-electron chi connectivity index (χ3n) is 4.88. The minimum atomic E-state index is -4.65. The van der Waals surface area contributed by atoms with Gasteiger partial charge in [-0.15, -0.1) is 0 Å². The van der Waals surface area contributed by atoms with Crippen molar-refractivity contribution in [2.45, 2.75) is 12.7 Å². The van der Waals surface area contributed by atoms with E-state index in [2.05, 4.69) is 0 Å². The highest BCUT2D eigenvalue weighted by molar-refractivity contribution is 6.18. The van der Waals surface area contributed by atoms with Crippen LogP contribution in [0.1, 0.15) is 21.5 Å². The van der Waals surface area contributed by atoms with Crippen molar-refractivity contribution in [3.05, 3.63) is 82.7 Å². The molecule has 0 saturated heterocycles. The Bertz CT molecular complexity index is 1320. The number of fused-ring (bicyclic) bond motifs is 3. The average molecular weight is 422 g/mol. The Labute approximate surface area is 165 Å². The van der Waals surface area contributed by atoms with Crippen molar-refractivity contribution in [2.75, 3.05) is 0 Å². The van der Waals surface area contributed by atoms with E-state index >= 15 is 0 Å². The Morgan fingerprint density at radius 2 is 1.70 bits per heavy atom. The van der Waals surface area contributed by atoms with E-state index in [-0.39, 0.29) is 27.4 Å². The number of primary amides is 1. The molecule has 9 heteroatoms. The van der Waals surface area contributed by atoms with Gasteiger partial charge in [0.15, 0.2) is 11.6 Å². The lowest BCUT2D eigenvalue weighted by Crippen LogP contribution is -2.11. The van der Waals surface area contributed by atoms with Crippen LogP contribution < -0.4 is 5.73 Å². The molecule has 0 aliphatic carbocycles. The Kier molecular flexibility index (Phi) is 4.48. The quantitative estimate of drug-likeness (QED) is 0.350. The van der Waals surface area contributed by atoms with Gasteiger partial charge in [0.1, 0.15) is 5.82 Å². The minimum Gasteiger partial charge on any atom is -0.366 e. The first-order valence-electron chi connectivity index (χ1n) is 8.63. The summed E-state index contributed by atoms with van der Waals surface area (Å²) < 4.78 is 82.6. The second-order valence-corrected chi connectivity index (χ2v) is 6.74. The topological polar surface area (TPSA) is 48.0 Å². The molecule has 0 spiro atoms. The molecular weight excluding hydrogens is 410 g/mol. The maximum atomic E-state index is 14.2. The van der Waals surface area contributed by atoms with Gasteiger partial charge in [0, 0.05) is 28.0 Å². The molecule has 3 aromatic carbocycles. The third kappa shape index (κ3) is 3.16. The number of hydrogen-bond donors (Lipinski definition) is 1. The summed E-state index contributed by atoms with van der Waals surface area (Å²) in [5.74, 6) is -4.56. The van der Waals surface area contributed by atoms with Gasteiger partial charge in [-0.05, 0) is 30.3 Å². The van der Waals surface area contributed by atoms with Gasteiger partial charge in [-0.1, -0.05) is 12.1 Å². The molecule has 0 saturated carbocycles. The van der Waals surface area contributed by atoms with Crippen molar-refractivity contribution in [3.63, 3.8) is 0 Å². The van der Waals surface area contributed by atoms with E-state index in [1.807, 2.05) is 0 Å². The summed E-state index contributed by atoms with van der Waals surface area (Å²) >= 11 is 0. The normalized spacial score (nSPS) is 12.1. The lowest BCUT2D eigenvalue weighted by atomic mass is 10.0. The van der Waals surface area contributed by atoms with E-state index in [0.717, 1.165) is 18.2 Å². The number of nitrogens with zero attached hydrogens (tertiary/aromatic N) is 1. The van der Waals surface area contributed by atoms with E-state index in [1.165, 1.54) is 28.8 Å². The highest BCUT2D eigenvalue weighted by atomic mass is 19.4. The van der Waals surface area contributed by atoms with Crippen LogP contribution in [0.15, 0.2) is 48.5 Å². The molecule has 0 aliphatic rings. The lowest BCUT2D eigenvalue weighted by Gasteiger charge is -2.11. The number of benzene rings is 3. The maximum Gasteiger partial charge on any atom is 0.416 e. The summed E-state index contributed by atoms with van der Waals surface area (Å²) in [4.78, 5) is 11.9. The predicted molar refractivity (Wildman–Crippen MR) is 98.4 cm³/mol. The van der Waals surface area contributed by atoms with Gasteiger partial charge in [-0.3, -0.25) is 4.79 Å². The summed E-state index contributed by atoms with van der Waals surface area (Å²) in [7, 11) is 0. The number of hydrogen-bond acceptors (Lipinski definition) is 1. The van der Waals surface area contributed by atoms with Gasteiger partial charge in [0.2, 0.25) is 5.91 Å². The molecule has 3 nitrogen and oxygen atoms in total. The number of nitrogens with two attached hydrogens (primary N) is 1. The maximum absolute atomic E-state index is 14.2. The molecule has 1 aromatic heterocycles. The number of amides is 1. The first kappa shape index (κ1) is 19.8. The van der Waals surface area contributed by atoms with Crippen molar-refractivity contribution in [2.24, 2.45) is 5.73 Å². The molecule has 4 aromatic rings. The second-order valence-electron chi connectivity index (χ2n) is 6.74. The molecule has 0 aliphatic heterocycles. The SMILES string of the molecule is NC(=O)c1cccc2c1c1ccc(C(F)(F)F)cc1n2Cc1cc(F)cc(F)c1F. The first-order chi connectivity index (χ1) is 14.1. The van der Waals surface area contributed by atoms with E-state index < -0.39 is 47.2 Å². The van der Waals surface area contributed by atoms with Gasteiger partial charge in [0.05, 0.1) is 23.1 Å². The molecule has 1 amide bonds. The van der Waals surface area contributed by atoms with Crippen LogP contribution >= 0.6 is 0 Å². The van der Waals surface area contributed by atoms with Crippen molar-refractivity contribution < 1.29 is 31.1 Å². The second kappa shape index (κ2) is 6.79. The summed E-state index contributed by atoms with van der Waals surface area (Å²) in [6.45, 7) is -0.468. The van der Waals surface area contributed by atoms with Crippen LogP contribution in [-0.4, -0.2) is 10.5 Å². The summed E-state index contributed by atoms with van der Waals surface area (Å²) in [6, 6.07) is 8.40. The standard InChI is InChI=1S/C21H12F6N2O/c22-12-6-10(19(24)15(23)8-12)9-29-16-3-1-2-14(20(28)30)18(16)13-5-4-11(7-17(13)29)21(25,26)27/h1-8H,9H2,(H2,28,30). The van der Waals surface area contributed by atoms with Gasteiger partial charge >= 0.3 is 6.18 Å². The average Bonchev–Trinajstić information content (AvgIpc) is 2.98. The van der Waals surface area contributed by atoms with E-state index in [9.17, 15) is 31.1 Å². The molecule has 0 bridgehead atoms. The summed E-state index contributed by atoms with van der Waals surface area (Å²) in [5, 5.41) is 0.538. The van der Waals surface area contributed by atoms with Crippen LogP contribution in [0.4, 0.5) is 26.3 Å². The fourth-order valence-corrected chi connectivity index (χ4v) is 3.59. The molecule has 4 rings (SSSR count). The molecule has 0 fully saturated rings. The van der Waals surface area contributed by atoms with Crippen LogP contribution in [0.5, 0.6) is 0 Å². The fraction of sp³-hybridized carbons (Fsp3) is 0.0952. The fourth-order valence-electron chi connectivity index (χ4n) is 3.59. The van der Waals surface area contributed by atoms with Gasteiger partial charge in [-0.25, -0.2) is 13.2 Å². The van der Waals surface area contributed by atoms with Gasteiger partial charge in [-0.2, -0.15) is 13.2 Å².